The van der Waals surface area contributed by atoms with E-state index in [9.17, 15) is 0 Å². The van der Waals surface area contributed by atoms with Gasteiger partial charge >= 0.3 is 0 Å². The second-order valence-corrected chi connectivity index (χ2v) is 4.77. The van der Waals surface area contributed by atoms with E-state index in [0.29, 0.717) is 0 Å². The summed E-state index contributed by atoms with van der Waals surface area (Å²) in [7, 11) is 0. The molecule has 1 saturated heterocycles. The predicted molar refractivity (Wildman–Crippen MR) is 58.7 cm³/mol. The van der Waals surface area contributed by atoms with Gasteiger partial charge in [-0.1, -0.05) is 0 Å². The van der Waals surface area contributed by atoms with Gasteiger partial charge in [0, 0.05) is 17.3 Å². The van der Waals surface area contributed by atoms with Crippen molar-refractivity contribution < 1.29 is 0 Å². The third-order valence-corrected chi connectivity index (χ3v) is 3.40. The molecule has 3 heteroatoms. The number of aromatic nitrogens is 2. The highest BCUT2D eigenvalue weighted by Crippen LogP contribution is 2.38. The van der Waals surface area contributed by atoms with Crippen molar-refractivity contribution in [3.05, 3.63) is 23.8 Å². The first-order valence-corrected chi connectivity index (χ1v) is 5.93. The Morgan fingerprint density at radius 3 is 2.93 bits per heavy atom. The van der Waals surface area contributed by atoms with Crippen LogP contribution in [0.2, 0.25) is 0 Å². The molecule has 1 aromatic rings. The molecule has 2 heterocycles. The van der Waals surface area contributed by atoms with Gasteiger partial charge in [-0.2, -0.15) is 0 Å². The zero-order valence-corrected chi connectivity index (χ0v) is 8.95. The van der Waals surface area contributed by atoms with Crippen LogP contribution in [0, 0.1) is 5.92 Å². The first-order valence-electron chi connectivity index (χ1n) is 5.93. The molecule has 1 aliphatic carbocycles. The summed E-state index contributed by atoms with van der Waals surface area (Å²) >= 11 is 0. The van der Waals surface area contributed by atoms with Crippen LogP contribution in [0.4, 0.5) is 0 Å². The third kappa shape index (κ3) is 2.17. The van der Waals surface area contributed by atoms with E-state index < -0.39 is 0 Å². The molecule has 3 rings (SSSR count). The van der Waals surface area contributed by atoms with Crippen LogP contribution in [0.1, 0.15) is 36.6 Å². The van der Waals surface area contributed by atoms with Crippen molar-refractivity contribution in [2.75, 3.05) is 13.1 Å². The maximum absolute atomic E-state index is 4.37. The van der Waals surface area contributed by atoms with E-state index in [1.54, 1.807) is 6.33 Å². The van der Waals surface area contributed by atoms with Crippen LogP contribution in [0.15, 0.2) is 12.4 Å². The molecule has 1 aliphatic heterocycles. The monoisotopic (exact) mass is 203 g/mol. The molecule has 0 aromatic carbocycles. The minimum absolute atomic E-state index is 0.744. The molecule has 1 saturated carbocycles. The van der Waals surface area contributed by atoms with Gasteiger partial charge in [0.2, 0.25) is 0 Å². The van der Waals surface area contributed by atoms with E-state index in [1.165, 1.54) is 37.2 Å². The number of hydrogen-bond donors (Lipinski definition) is 1. The molecule has 1 unspecified atom stereocenters. The van der Waals surface area contributed by atoms with Crippen LogP contribution in [0.3, 0.4) is 0 Å². The molecule has 1 aromatic heterocycles. The first-order chi connectivity index (χ1) is 7.42. The van der Waals surface area contributed by atoms with E-state index in [1.807, 2.05) is 0 Å². The lowest BCUT2D eigenvalue weighted by Crippen LogP contribution is -2.11. The van der Waals surface area contributed by atoms with Crippen molar-refractivity contribution in [3.8, 4) is 0 Å². The Kier molecular flexibility index (Phi) is 2.41. The molecule has 2 aliphatic rings. The van der Waals surface area contributed by atoms with Crippen LogP contribution in [0.5, 0.6) is 0 Å². The van der Waals surface area contributed by atoms with E-state index in [0.717, 1.165) is 24.8 Å². The fourth-order valence-electron chi connectivity index (χ4n) is 2.31. The molecule has 2 fully saturated rings. The lowest BCUT2D eigenvalue weighted by molar-refractivity contribution is 0.570. The normalized spacial score (nSPS) is 25.7. The Balaban J connectivity index is 1.70. The fraction of sp³-hybridized carbons (Fsp3) is 0.667. The molecule has 1 atom stereocenters. The molecule has 0 radical (unpaired) electrons. The van der Waals surface area contributed by atoms with Gasteiger partial charge in [-0.25, -0.2) is 9.97 Å². The van der Waals surface area contributed by atoms with Gasteiger partial charge in [0.25, 0.3) is 0 Å². The minimum atomic E-state index is 0.744. The Morgan fingerprint density at radius 2 is 2.20 bits per heavy atom. The summed E-state index contributed by atoms with van der Waals surface area (Å²) in [6, 6.07) is 2.22. The van der Waals surface area contributed by atoms with E-state index in [4.69, 9.17) is 0 Å². The van der Waals surface area contributed by atoms with Gasteiger partial charge in [-0.05, 0) is 50.8 Å². The number of rotatable bonds is 3. The smallest absolute Gasteiger partial charge is 0.115 e. The van der Waals surface area contributed by atoms with E-state index in [-0.39, 0.29) is 0 Å². The lowest BCUT2D eigenvalue weighted by Gasteiger charge is -2.07. The summed E-state index contributed by atoms with van der Waals surface area (Å²) in [5.74, 6) is 1.53. The number of hydrogen-bond acceptors (Lipinski definition) is 3. The largest absolute Gasteiger partial charge is 0.316 e. The van der Waals surface area contributed by atoms with Gasteiger partial charge in [0.1, 0.15) is 6.33 Å². The zero-order valence-electron chi connectivity index (χ0n) is 8.95. The van der Waals surface area contributed by atoms with Crippen LogP contribution < -0.4 is 5.32 Å². The molecule has 0 amide bonds. The minimum Gasteiger partial charge on any atom is -0.316 e. The second-order valence-electron chi connectivity index (χ2n) is 4.77. The summed E-state index contributed by atoms with van der Waals surface area (Å²) in [6.45, 7) is 2.33. The quantitative estimate of drug-likeness (QED) is 0.809. The van der Waals surface area contributed by atoms with Crippen molar-refractivity contribution in [1.82, 2.24) is 15.3 Å². The van der Waals surface area contributed by atoms with Gasteiger partial charge in [0.05, 0.1) is 0 Å². The van der Waals surface area contributed by atoms with Crippen LogP contribution in [-0.2, 0) is 6.42 Å². The summed E-state index contributed by atoms with van der Waals surface area (Å²) in [5, 5.41) is 3.40. The molecule has 80 valence electrons. The predicted octanol–water partition coefficient (Wildman–Crippen LogP) is 1.51. The molecule has 0 bridgehead atoms. The molecule has 3 nitrogen and oxygen atoms in total. The van der Waals surface area contributed by atoms with Crippen molar-refractivity contribution in [3.63, 3.8) is 0 Å². The zero-order chi connectivity index (χ0) is 10.1. The Hall–Kier alpha value is -0.960. The van der Waals surface area contributed by atoms with E-state index in [2.05, 4.69) is 21.4 Å². The van der Waals surface area contributed by atoms with Crippen molar-refractivity contribution in [2.45, 2.75) is 31.6 Å². The molecule has 15 heavy (non-hydrogen) atoms. The highest BCUT2D eigenvalue weighted by Gasteiger charge is 2.25. The average Bonchev–Trinajstić information content (AvgIpc) is 3.00. The van der Waals surface area contributed by atoms with Crippen molar-refractivity contribution in [2.24, 2.45) is 5.92 Å². The summed E-state index contributed by atoms with van der Waals surface area (Å²) < 4.78 is 0. The Labute approximate surface area is 90.3 Å². The van der Waals surface area contributed by atoms with Crippen LogP contribution in [-0.4, -0.2) is 23.1 Å². The molecule has 1 N–H and O–H groups in total. The van der Waals surface area contributed by atoms with Gasteiger partial charge in [0.15, 0.2) is 0 Å². The summed E-state index contributed by atoms with van der Waals surface area (Å²) in [4.78, 5) is 8.72. The summed E-state index contributed by atoms with van der Waals surface area (Å²) in [6.07, 6.45) is 6.80. The van der Waals surface area contributed by atoms with Crippen LogP contribution >= 0.6 is 0 Å². The van der Waals surface area contributed by atoms with Gasteiger partial charge < -0.3 is 5.32 Å². The van der Waals surface area contributed by atoms with Crippen molar-refractivity contribution in [1.29, 1.82) is 0 Å². The number of nitrogens with zero attached hydrogens (tertiary/aromatic N) is 2. The SMILES string of the molecule is c1nc(CC2CCNC2)cc(C2CC2)n1. The molecule has 0 spiro atoms. The maximum atomic E-state index is 4.37. The lowest BCUT2D eigenvalue weighted by atomic mass is 10.0. The molecular formula is C12H17N3. The average molecular weight is 203 g/mol. The van der Waals surface area contributed by atoms with Gasteiger partial charge in [-0.15, -0.1) is 0 Å². The second kappa shape index (κ2) is 3.89. The standard InChI is InChI=1S/C12H17N3/c1-2-10(1)12-6-11(14-8-15-12)5-9-3-4-13-7-9/h6,8-10,13H,1-5,7H2. The molecular weight excluding hydrogens is 186 g/mol. The highest BCUT2D eigenvalue weighted by atomic mass is 14.9. The topological polar surface area (TPSA) is 37.8 Å². The highest BCUT2D eigenvalue weighted by molar-refractivity contribution is 5.17. The fourth-order valence-corrected chi connectivity index (χ4v) is 2.31. The summed E-state index contributed by atoms with van der Waals surface area (Å²) in [5.41, 5.74) is 2.51. The first kappa shape index (κ1) is 9.28. The third-order valence-electron chi connectivity index (χ3n) is 3.40. The Bertz CT molecular complexity index is 340. The van der Waals surface area contributed by atoms with Crippen molar-refractivity contribution >= 4 is 0 Å². The van der Waals surface area contributed by atoms with Gasteiger partial charge in [-0.3, -0.25) is 0 Å². The van der Waals surface area contributed by atoms with Crippen LogP contribution in [0.25, 0.3) is 0 Å². The maximum Gasteiger partial charge on any atom is 0.115 e. The Morgan fingerprint density at radius 1 is 1.27 bits per heavy atom. The number of nitrogens with one attached hydrogen (secondary N) is 1. The van der Waals surface area contributed by atoms with E-state index >= 15 is 0 Å².